The normalized spacial score (nSPS) is 12.7. The molecule has 0 aliphatic rings. The van der Waals surface area contributed by atoms with Crippen LogP contribution in [0.5, 0.6) is 0 Å². The molecule has 0 aliphatic heterocycles. The van der Waals surface area contributed by atoms with E-state index in [0.717, 1.165) is 0 Å². The Balaban J connectivity index is 3.16. The molecular formula is C5H12N2OS. The van der Waals surface area contributed by atoms with Gasteiger partial charge in [0.1, 0.15) is 0 Å². The minimum atomic E-state index is -0.448. The first-order chi connectivity index (χ1) is 4.16. The van der Waals surface area contributed by atoms with Gasteiger partial charge in [0.05, 0.1) is 0 Å². The van der Waals surface area contributed by atoms with E-state index in [4.69, 9.17) is 5.73 Å². The Morgan fingerprint density at radius 3 is 2.78 bits per heavy atom. The van der Waals surface area contributed by atoms with Crippen molar-refractivity contribution in [2.75, 3.05) is 12.8 Å². The number of rotatable bonds is 3. The van der Waals surface area contributed by atoms with E-state index in [2.05, 4.69) is 5.32 Å². The molecule has 0 saturated heterocycles. The maximum Gasteiger partial charge on any atom is 0.312 e. The molecule has 54 valence electrons. The molecule has 0 bridgehead atoms. The molecule has 3 N–H and O–H groups in total. The summed E-state index contributed by atoms with van der Waals surface area (Å²) in [6.07, 6.45) is 1.99. The fraction of sp³-hybridized carbons (Fsp3) is 0.800. The highest BCUT2D eigenvalue weighted by Crippen LogP contribution is 2.01. The van der Waals surface area contributed by atoms with Gasteiger partial charge in [-0.3, -0.25) is 0 Å². The third kappa shape index (κ3) is 5.49. The lowest BCUT2D eigenvalue weighted by Crippen LogP contribution is -2.33. The molecule has 1 atom stereocenters. The largest absolute Gasteiger partial charge is 0.352 e. The summed E-state index contributed by atoms with van der Waals surface area (Å²) in [6.45, 7) is 2.68. The molecule has 3 nitrogen and oxygen atoms in total. The topological polar surface area (TPSA) is 55.1 Å². The zero-order valence-corrected chi connectivity index (χ0v) is 6.49. The average molecular weight is 148 g/mol. The second-order valence-electron chi connectivity index (χ2n) is 1.79. The van der Waals surface area contributed by atoms with Gasteiger partial charge in [-0.1, -0.05) is 6.92 Å². The van der Waals surface area contributed by atoms with Gasteiger partial charge in [0.2, 0.25) is 0 Å². The van der Waals surface area contributed by atoms with Crippen LogP contribution in [0.15, 0.2) is 0 Å². The van der Waals surface area contributed by atoms with Crippen molar-refractivity contribution < 1.29 is 4.79 Å². The van der Waals surface area contributed by atoms with E-state index in [-0.39, 0.29) is 0 Å². The maximum absolute atomic E-state index is 10.1. The fourth-order valence-corrected chi connectivity index (χ4v) is 0.578. The van der Waals surface area contributed by atoms with Crippen LogP contribution in [0.25, 0.3) is 0 Å². The molecule has 0 rings (SSSR count). The van der Waals surface area contributed by atoms with Crippen LogP contribution in [0.4, 0.5) is 4.79 Å². The molecule has 0 saturated carbocycles. The number of nitrogens with two attached hydrogens (primary N) is 1. The van der Waals surface area contributed by atoms with Crippen LogP contribution in [0.2, 0.25) is 0 Å². The zero-order chi connectivity index (χ0) is 7.28. The number of hydrogen-bond donors (Lipinski definition) is 2. The number of thioether (sulfide) groups is 1. The van der Waals surface area contributed by atoms with Crippen molar-refractivity contribution in [3.63, 3.8) is 0 Å². The summed E-state index contributed by atoms with van der Waals surface area (Å²) in [6, 6.07) is -0.448. The van der Waals surface area contributed by atoms with Gasteiger partial charge in [-0.2, -0.15) is 11.8 Å². The average Bonchev–Trinajstić information content (AvgIpc) is 1.83. The number of nitrogens with one attached hydrogen (secondary N) is 1. The molecule has 0 aromatic carbocycles. The molecule has 9 heavy (non-hydrogen) atoms. The predicted molar refractivity (Wildman–Crippen MR) is 40.6 cm³/mol. The van der Waals surface area contributed by atoms with Crippen molar-refractivity contribution in [1.29, 1.82) is 0 Å². The highest BCUT2D eigenvalue weighted by molar-refractivity contribution is 7.99. The Bertz CT molecular complexity index is 97.0. The minimum absolute atomic E-state index is 0.442. The number of carbonyl (C=O) groups is 1. The van der Waals surface area contributed by atoms with Gasteiger partial charge < -0.3 is 11.1 Å². The molecule has 1 unspecified atom stereocenters. The molecule has 0 aliphatic carbocycles. The van der Waals surface area contributed by atoms with Crippen molar-refractivity contribution in [2.24, 2.45) is 5.73 Å². The molecule has 0 fully saturated rings. The monoisotopic (exact) mass is 148 g/mol. The standard InChI is InChI=1S/C5H12N2OS/c1-4(9-2)3-7-5(6)8/h4H,3H2,1-2H3,(H3,6,7,8). The number of urea groups is 1. The minimum Gasteiger partial charge on any atom is -0.352 e. The maximum atomic E-state index is 10.1. The summed E-state index contributed by atoms with van der Waals surface area (Å²) >= 11 is 1.70. The van der Waals surface area contributed by atoms with Crippen LogP contribution >= 0.6 is 11.8 Å². The van der Waals surface area contributed by atoms with E-state index in [9.17, 15) is 4.79 Å². The van der Waals surface area contributed by atoms with Crippen molar-refractivity contribution in [3.8, 4) is 0 Å². The van der Waals surface area contributed by atoms with Crippen LogP contribution in [-0.2, 0) is 0 Å². The molecule has 0 heterocycles. The summed E-state index contributed by atoms with van der Waals surface area (Å²) in [5.74, 6) is 0. The first kappa shape index (κ1) is 8.62. The van der Waals surface area contributed by atoms with Crippen molar-refractivity contribution >= 4 is 17.8 Å². The smallest absolute Gasteiger partial charge is 0.312 e. The van der Waals surface area contributed by atoms with Crippen LogP contribution in [0.3, 0.4) is 0 Å². The first-order valence-corrected chi connectivity index (χ1v) is 4.01. The summed E-state index contributed by atoms with van der Waals surface area (Å²) < 4.78 is 0. The van der Waals surface area contributed by atoms with Gasteiger partial charge in [-0.15, -0.1) is 0 Å². The molecule has 2 amide bonds. The van der Waals surface area contributed by atoms with E-state index >= 15 is 0 Å². The van der Waals surface area contributed by atoms with Crippen LogP contribution < -0.4 is 11.1 Å². The Morgan fingerprint density at radius 2 is 2.44 bits per heavy atom. The SMILES string of the molecule is CSC(C)CNC(N)=O. The Hall–Kier alpha value is -0.380. The Kier molecular flexibility index (Phi) is 4.30. The summed E-state index contributed by atoms with van der Waals surface area (Å²) in [5.41, 5.74) is 4.84. The predicted octanol–water partition coefficient (Wildman–Crippen LogP) is 0.406. The third-order valence-corrected chi connectivity index (χ3v) is 1.94. The molecular weight excluding hydrogens is 136 g/mol. The molecule has 0 aromatic heterocycles. The summed E-state index contributed by atoms with van der Waals surface area (Å²) in [5, 5.41) is 2.96. The Morgan fingerprint density at radius 1 is 1.89 bits per heavy atom. The van der Waals surface area contributed by atoms with Crippen LogP contribution in [0, 0.1) is 0 Å². The second kappa shape index (κ2) is 4.49. The number of carbonyl (C=O) groups excluding carboxylic acids is 1. The van der Waals surface area contributed by atoms with E-state index in [1.54, 1.807) is 11.8 Å². The highest BCUT2D eigenvalue weighted by Gasteiger charge is 1.98. The van der Waals surface area contributed by atoms with Gasteiger partial charge in [0.25, 0.3) is 0 Å². The van der Waals surface area contributed by atoms with Gasteiger partial charge in [-0.05, 0) is 6.26 Å². The third-order valence-electron chi connectivity index (χ3n) is 0.966. The zero-order valence-electron chi connectivity index (χ0n) is 5.68. The first-order valence-electron chi connectivity index (χ1n) is 2.73. The molecule has 0 aromatic rings. The van der Waals surface area contributed by atoms with E-state index < -0.39 is 6.03 Å². The molecule has 0 spiro atoms. The van der Waals surface area contributed by atoms with Crippen LogP contribution in [0.1, 0.15) is 6.92 Å². The van der Waals surface area contributed by atoms with Gasteiger partial charge in [-0.25, -0.2) is 4.79 Å². The lowest BCUT2D eigenvalue weighted by Gasteiger charge is -2.06. The second-order valence-corrected chi connectivity index (χ2v) is 3.07. The summed E-state index contributed by atoms with van der Waals surface area (Å²) in [4.78, 5) is 10.1. The number of hydrogen-bond acceptors (Lipinski definition) is 2. The van der Waals surface area contributed by atoms with E-state index in [0.29, 0.717) is 11.8 Å². The van der Waals surface area contributed by atoms with E-state index in [1.807, 2.05) is 13.2 Å². The van der Waals surface area contributed by atoms with Crippen molar-refractivity contribution in [2.45, 2.75) is 12.2 Å². The van der Waals surface area contributed by atoms with Crippen molar-refractivity contribution in [1.82, 2.24) is 5.32 Å². The number of amides is 2. The molecule has 4 heteroatoms. The van der Waals surface area contributed by atoms with Crippen molar-refractivity contribution in [3.05, 3.63) is 0 Å². The Labute approximate surface area is 59.4 Å². The highest BCUT2D eigenvalue weighted by atomic mass is 32.2. The van der Waals surface area contributed by atoms with Gasteiger partial charge >= 0.3 is 6.03 Å². The molecule has 0 radical (unpaired) electrons. The summed E-state index contributed by atoms with van der Waals surface area (Å²) in [7, 11) is 0. The van der Waals surface area contributed by atoms with Crippen LogP contribution in [-0.4, -0.2) is 24.1 Å². The lowest BCUT2D eigenvalue weighted by molar-refractivity contribution is 0.249. The lowest BCUT2D eigenvalue weighted by atomic mass is 10.5. The van der Waals surface area contributed by atoms with Gasteiger partial charge in [0, 0.05) is 11.8 Å². The quantitative estimate of drug-likeness (QED) is 0.609. The van der Waals surface area contributed by atoms with Gasteiger partial charge in [0.15, 0.2) is 0 Å². The van der Waals surface area contributed by atoms with E-state index in [1.165, 1.54) is 0 Å². The number of primary amides is 1. The fourth-order valence-electron chi connectivity index (χ4n) is 0.328.